The summed E-state index contributed by atoms with van der Waals surface area (Å²) >= 11 is 0. The second-order valence-electron chi connectivity index (χ2n) is 1.95. The van der Waals surface area contributed by atoms with E-state index in [0.29, 0.717) is 6.04 Å². The summed E-state index contributed by atoms with van der Waals surface area (Å²) in [6.07, 6.45) is 1.13. The van der Waals surface area contributed by atoms with E-state index < -0.39 is 0 Å². The van der Waals surface area contributed by atoms with Crippen LogP contribution in [0.2, 0.25) is 0 Å². The third-order valence-electron chi connectivity index (χ3n) is 1.28. The second kappa shape index (κ2) is 3.02. The van der Waals surface area contributed by atoms with Gasteiger partial charge in [-0.1, -0.05) is 0 Å². The molecule has 0 spiro atoms. The van der Waals surface area contributed by atoms with Crippen LogP contribution in [0.15, 0.2) is 0 Å². The van der Waals surface area contributed by atoms with E-state index >= 15 is 0 Å². The van der Waals surface area contributed by atoms with E-state index in [-0.39, 0.29) is 0 Å². The highest BCUT2D eigenvalue weighted by Gasteiger charge is 2.12. The Balaban J connectivity index is 2.06. The van der Waals surface area contributed by atoms with Crippen LogP contribution in [0.3, 0.4) is 0 Å². The molecular weight excluding hydrogens is 104 g/mol. The predicted octanol–water partition coefficient (Wildman–Crippen LogP) is -0.501. The Morgan fingerprint density at radius 1 is 1.62 bits per heavy atom. The molecule has 3 heteroatoms. The van der Waals surface area contributed by atoms with Crippen molar-refractivity contribution >= 4 is 0 Å². The predicted molar refractivity (Wildman–Crippen MR) is 31.4 cm³/mol. The Kier molecular flexibility index (Phi) is 2.27. The lowest BCUT2D eigenvalue weighted by Crippen LogP contribution is -2.38. The summed E-state index contributed by atoms with van der Waals surface area (Å²) < 4.78 is 5.11. The highest BCUT2D eigenvalue weighted by molar-refractivity contribution is 4.67. The molecule has 1 fully saturated rings. The molecule has 48 valence electrons. The van der Waals surface area contributed by atoms with Crippen LogP contribution in [0.5, 0.6) is 0 Å². The number of hydrogen-bond donors (Lipinski definition) is 2. The molecule has 2 N–H and O–H groups in total. The normalized spacial score (nSPS) is 28.9. The molecule has 0 bridgehead atoms. The van der Waals surface area contributed by atoms with Gasteiger partial charge in [-0.3, -0.25) is 10.9 Å². The maximum Gasteiger partial charge on any atom is 0.0634 e. The van der Waals surface area contributed by atoms with Gasteiger partial charge in [0.15, 0.2) is 0 Å². The molecule has 0 amide bonds. The average Bonchev–Trinajstić information content (AvgIpc) is 2.19. The summed E-state index contributed by atoms with van der Waals surface area (Å²) in [6, 6.07) is 0.528. The molecule has 1 aliphatic rings. The molecule has 1 rings (SSSR count). The van der Waals surface area contributed by atoms with Gasteiger partial charge >= 0.3 is 0 Å². The van der Waals surface area contributed by atoms with Crippen molar-refractivity contribution < 1.29 is 4.74 Å². The lowest BCUT2D eigenvalue weighted by Gasteiger charge is -2.06. The van der Waals surface area contributed by atoms with Crippen molar-refractivity contribution in [2.75, 3.05) is 20.3 Å². The van der Waals surface area contributed by atoms with Gasteiger partial charge in [-0.25, -0.2) is 0 Å². The van der Waals surface area contributed by atoms with Crippen molar-refractivity contribution in [3.8, 4) is 0 Å². The van der Waals surface area contributed by atoms with Gasteiger partial charge in [0, 0.05) is 12.6 Å². The molecule has 0 aliphatic carbocycles. The third-order valence-corrected chi connectivity index (χ3v) is 1.28. The minimum absolute atomic E-state index is 0.528. The Hall–Kier alpha value is -0.120. The van der Waals surface area contributed by atoms with E-state index in [1.165, 1.54) is 0 Å². The number of ether oxygens (including phenoxy) is 1. The Morgan fingerprint density at radius 2 is 2.50 bits per heavy atom. The monoisotopic (exact) mass is 116 g/mol. The Bertz CT molecular complexity index is 61.4. The first-order chi connectivity index (χ1) is 3.93. The molecule has 0 aromatic carbocycles. The van der Waals surface area contributed by atoms with Crippen LogP contribution in [-0.4, -0.2) is 26.3 Å². The number of rotatable bonds is 2. The Morgan fingerprint density at radius 3 is 3.00 bits per heavy atom. The van der Waals surface area contributed by atoms with Gasteiger partial charge in [0.1, 0.15) is 0 Å². The minimum atomic E-state index is 0.528. The molecule has 1 heterocycles. The van der Waals surface area contributed by atoms with E-state index in [2.05, 4.69) is 10.9 Å². The van der Waals surface area contributed by atoms with E-state index in [0.717, 1.165) is 19.6 Å². The molecule has 0 aromatic rings. The molecule has 1 saturated heterocycles. The van der Waals surface area contributed by atoms with Crippen LogP contribution in [-0.2, 0) is 4.74 Å². The number of nitrogens with one attached hydrogen (secondary N) is 2. The van der Waals surface area contributed by atoms with Crippen molar-refractivity contribution in [3.05, 3.63) is 0 Å². The molecular formula is C5H12N2O. The number of hydrazine groups is 1. The summed E-state index contributed by atoms with van der Waals surface area (Å²) in [4.78, 5) is 0. The fraction of sp³-hybridized carbons (Fsp3) is 1.00. The van der Waals surface area contributed by atoms with Crippen molar-refractivity contribution in [2.24, 2.45) is 0 Å². The third kappa shape index (κ3) is 1.43. The first-order valence-corrected chi connectivity index (χ1v) is 2.93. The summed E-state index contributed by atoms with van der Waals surface area (Å²) in [6.45, 7) is 1.75. The molecule has 0 aromatic heterocycles. The second-order valence-corrected chi connectivity index (χ2v) is 1.95. The van der Waals surface area contributed by atoms with E-state index in [4.69, 9.17) is 4.74 Å². The van der Waals surface area contributed by atoms with Crippen LogP contribution in [0.1, 0.15) is 6.42 Å². The highest BCUT2D eigenvalue weighted by atomic mass is 16.5. The standard InChI is InChI=1S/C5H12N2O/c1-6-7-5-2-3-8-4-5/h5-7H,2-4H2,1H3/t5-/m1/s1. The summed E-state index contributed by atoms with van der Waals surface area (Å²) in [7, 11) is 1.87. The smallest absolute Gasteiger partial charge is 0.0634 e. The van der Waals surface area contributed by atoms with Gasteiger partial charge in [0.25, 0.3) is 0 Å². The van der Waals surface area contributed by atoms with Gasteiger partial charge in [-0.2, -0.15) is 0 Å². The number of hydrogen-bond acceptors (Lipinski definition) is 3. The zero-order chi connectivity index (χ0) is 5.82. The molecule has 0 unspecified atom stereocenters. The maximum absolute atomic E-state index is 5.11. The lowest BCUT2D eigenvalue weighted by atomic mass is 10.3. The molecule has 0 saturated carbocycles. The van der Waals surface area contributed by atoms with Crippen molar-refractivity contribution in [1.29, 1.82) is 0 Å². The zero-order valence-electron chi connectivity index (χ0n) is 5.11. The van der Waals surface area contributed by atoms with E-state index in [1.54, 1.807) is 0 Å². The van der Waals surface area contributed by atoms with Gasteiger partial charge in [0.05, 0.1) is 6.61 Å². The summed E-state index contributed by atoms with van der Waals surface area (Å²) in [5.41, 5.74) is 5.95. The molecule has 1 atom stereocenters. The quantitative estimate of drug-likeness (QED) is 0.477. The topological polar surface area (TPSA) is 33.3 Å². The minimum Gasteiger partial charge on any atom is -0.380 e. The highest BCUT2D eigenvalue weighted by Crippen LogP contribution is 2.00. The van der Waals surface area contributed by atoms with Gasteiger partial charge in [-0.05, 0) is 13.5 Å². The Labute approximate surface area is 49.4 Å². The maximum atomic E-state index is 5.11. The average molecular weight is 116 g/mol. The zero-order valence-corrected chi connectivity index (χ0v) is 5.11. The van der Waals surface area contributed by atoms with Crippen LogP contribution in [0.25, 0.3) is 0 Å². The van der Waals surface area contributed by atoms with Crippen molar-refractivity contribution in [1.82, 2.24) is 10.9 Å². The van der Waals surface area contributed by atoms with Crippen LogP contribution in [0.4, 0.5) is 0 Å². The molecule has 8 heavy (non-hydrogen) atoms. The van der Waals surface area contributed by atoms with Gasteiger partial charge < -0.3 is 4.74 Å². The van der Waals surface area contributed by atoms with Crippen LogP contribution >= 0.6 is 0 Å². The van der Waals surface area contributed by atoms with Crippen LogP contribution < -0.4 is 10.9 Å². The largest absolute Gasteiger partial charge is 0.380 e. The van der Waals surface area contributed by atoms with Gasteiger partial charge in [0.2, 0.25) is 0 Å². The SMILES string of the molecule is CNN[C@@H]1CCOC1. The molecule has 0 radical (unpaired) electrons. The molecule has 1 aliphatic heterocycles. The first-order valence-electron chi connectivity index (χ1n) is 2.93. The summed E-state index contributed by atoms with van der Waals surface area (Å²) in [5, 5.41) is 0. The summed E-state index contributed by atoms with van der Waals surface area (Å²) in [5.74, 6) is 0. The first kappa shape index (κ1) is 6.01. The lowest BCUT2D eigenvalue weighted by molar-refractivity contribution is 0.188. The van der Waals surface area contributed by atoms with E-state index in [1.807, 2.05) is 7.05 Å². The molecule has 3 nitrogen and oxygen atoms in total. The van der Waals surface area contributed by atoms with Crippen LogP contribution in [0, 0.1) is 0 Å². The fourth-order valence-electron chi connectivity index (χ4n) is 0.852. The van der Waals surface area contributed by atoms with Crippen molar-refractivity contribution in [3.63, 3.8) is 0 Å². The fourth-order valence-corrected chi connectivity index (χ4v) is 0.852. The van der Waals surface area contributed by atoms with Gasteiger partial charge in [-0.15, -0.1) is 0 Å². The van der Waals surface area contributed by atoms with Crippen molar-refractivity contribution in [2.45, 2.75) is 12.5 Å². The van der Waals surface area contributed by atoms with E-state index in [9.17, 15) is 0 Å².